The van der Waals surface area contributed by atoms with Crippen molar-refractivity contribution in [2.24, 2.45) is 0 Å². The number of fused-ring (bicyclic) bond motifs is 1. The fourth-order valence-electron chi connectivity index (χ4n) is 2.72. The maximum atomic E-state index is 14.2. The standard InChI is InChI=1S/C20H16FN3O3/c21-16-12-15(3-4-17(16)24-8-7-22-13-24)23-20(25)6-2-14-1-5-18-19(11-14)27-10-9-26-18/h1-8,11-13H,9-10H2,(H,23,25). The fourth-order valence-corrected chi connectivity index (χ4v) is 2.72. The highest BCUT2D eigenvalue weighted by molar-refractivity contribution is 6.02. The smallest absolute Gasteiger partial charge is 0.248 e. The lowest BCUT2D eigenvalue weighted by atomic mass is 10.2. The minimum absolute atomic E-state index is 0.359. The number of carbonyl (C=O) groups excluding carboxylic acids is 1. The number of imidazole rings is 1. The normalized spacial score (nSPS) is 12.9. The Morgan fingerprint density at radius 2 is 2.00 bits per heavy atom. The second-order valence-electron chi connectivity index (χ2n) is 5.86. The van der Waals surface area contributed by atoms with Crippen molar-refractivity contribution in [2.45, 2.75) is 0 Å². The second kappa shape index (κ2) is 7.33. The Labute approximate surface area is 154 Å². The van der Waals surface area contributed by atoms with Crippen LogP contribution in [0.25, 0.3) is 11.8 Å². The van der Waals surface area contributed by atoms with Crippen LogP contribution in [0.5, 0.6) is 11.5 Å². The largest absolute Gasteiger partial charge is 0.486 e. The van der Waals surface area contributed by atoms with E-state index in [2.05, 4.69) is 10.3 Å². The topological polar surface area (TPSA) is 65.4 Å². The Kier molecular flexibility index (Phi) is 4.57. The molecule has 0 atom stereocenters. The van der Waals surface area contributed by atoms with Gasteiger partial charge in [-0.25, -0.2) is 9.37 Å². The number of hydrogen-bond acceptors (Lipinski definition) is 4. The van der Waals surface area contributed by atoms with Gasteiger partial charge in [-0.05, 0) is 42.0 Å². The van der Waals surface area contributed by atoms with E-state index in [1.807, 2.05) is 6.07 Å². The van der Waals surface area contributed by atoms with Crippen molar-refractivity contribution in [1.82, 2.24) is 9.55 Å². The van der Waals surface area contributed by atoms with Gasteiger partial charge in [-0.2, -0.15) is 0 Å². The number of rotatable bonds is 4. The van der Waals surface area contributed by atoms with Gasteiger partial charge in [0.05, 0.1) is 12.0 Å². The molecule has 0 spiro atoms. The molecule has 3 aromatic rings. The van der Waals surface area contributed by atoms with Crippen LogP contribution in [0.3, 0.4) is 0 Å². The highest BCUT2D eigenvalue weighted by Gasteiger charge is 2.11. The summed E-state index contributed by atoms with van der Waals surface area (Å²) in [5, 5.41) is 2.64. The van der Waals surface area contributed by atoms with Crippen LogP contribution < -0.4 is 14.8 Å². The maximum Gasteiger partial charge on any atom is 0.248 e. The third-order valence-electron chi connectivity index (χ3n) is 3.99. The van der Waals surface area contributed by atoms with E-state index < -0.39 is 5.82 Å². The average Bonchev–Trinajstić information content (AvgIpc) is 3.21. The summed E-state index contributed by atoms with van der Waals surface area (Å²) < 4.78 is 26.8. The number of nitrogens with one attached hydrogen (secondary N) is 1. The van der Waals surface area contributed by atoms with Crippen molar-refractivity contribution in [3.8, 4) is 17.2 Å². The number of benzene rings is 2. The molecule has 0 aliphatic carbocycles. The molecule has 136 valence electrons. The van der Waals surface area contributed by atoms with Crippen molar-refractivity contribution in [2.75, 3.05) is 18.5 Å². The van der Waals surface area contributed by atoms with Gasteiger partial charge in [0.1, 0.15) is 19.0 Å². The minimum atomic E-state index is -0.457. The van der Waals surface area contributed by atoms with E-state index in [4.69, 9.17) is 9.47 Å². The highest BCUT2D eigenvalue weighted by Crippen LogP contribution is 2.31. The molecule has 7 heteroatoms. The van der Waals surface area contributed by atoms with Crippen LogP contribution in [-0.2, 0) is 4.79 Å². The van der Waals surface area contributed by atoms with Crippen molar-refractivity contribution >= 4 is 17.7 Å². The van der Waals surface area contributed by atoms with Crippen molar-refractivity contribution < 1.29 is 18.7 Å². The number of anilines is 1. The monoisotopic (exact) mass is 365 g/mol. The molecule has 4 rings (SSSR count). The number of nitrogens with zero attached hydrogens (tertiary/aromatic N) is 2. The van der Waals surface area contributed by atoms with E-state index in [-0.39, 0.29) is 5.91 Å². The molecule has 0 unspecified atom stereocenters. The molecule has 0 fully saturated rings. The van der Waals surface area contributed by atoms with Gasteiger partial charge >= 0.3 is 0 Å². The molecular weight excluding hydrogens is 349 g/mol. The molecule has 0 radical (unpaired) electrons. The number of halogens is 1. The lowest BCUT2D eigenvalue weighted by Crippen LogP contribution is -2.15. The zero-order valence-corrected chi connectivity index (χ0v) is 14.3. The van der Waals surface area contributed by atoms with E-state index in [9.17, 15) is 9.18 Å². The molecule has 0 bridgehead atoms. The summed E-state index contributed by atoms with van der Waals surface area (Å²) >= 11 is 0. The fraction of sp³-hybridized carbons (Fsp3) is 0.100. The summed E-state index contributed by atoms with van der Waals surface area (Å²) in [5.41, 5.74) is 1.53. The summed E-state index contributed by atoms with van der Waals surface area (Å²) in [6.45, 7) is 1.03. The van der Waals surface area contributed by atoms with Gasteiger partial charge in [0.15, 0.2) is 11.5 Å². The molecule has 1 aromatic heterocycles. The lowest BCUT2D eigenvalue weighted by molar-refractivity contribution is -0.111. The summed E-state index contributed by atoms with van der Waals surface area (Å²) in [5.74, 6) is 0.526. The first-order valence-corrected chi connectivity index (χ1v) is 8.36. The minimum Gasteiger partial charge on any atom is -0.486 e. The molecule has 27 heavy (non-hydrogen) atoms. The first-order chi connectivity index (χ1) is 13.2. The predicted octanol–water partition coefficient (Wildman–Crippen LogP) is 3.43. The maximum absolute atomic E-state index is 14.2. The third kappa shape index (κ3) is 3.82. The third-order valence-corrected chi connectivity index (χ3v) is 3.99. The zero-order chi connectivity index (χ0) is 18.6. The number of carbonyl (C=O) groups is 1. The predicted molar refractivity (Wildman–Crippen MR) is 98.6 cm³/mol. The quantitative estimate of drug-likeness (QED) is 0.720. The SMILES string of the molecule is O=C(C=Cc1ccc2c(c1)OCCO2)Nc1ccc(-n2ccnc2)c(F)c1. The number of amides is 1. The molecule has 0 saturated carbocycles. The lowest BCUT2D eigenvalue weighted by Gasteiger charge is -2.18. The molecule has 0 saturated heterocycles. The van der Waals surface area contributed by atoms with E-state index in [0.717, 1.165) is 5.56 Å². The van der Waals surface area contributed by atoms with E-state index >= 15 is 0 Å². The molecule has 2 aromatic carbocycles. The Morgan fingerprint density at radius 3 is 2.78 bits per heavy atom. The molecule has 2 heterocycles. The van der Waals surface area contributed by atoms with Gasteiger partial charge in [-0.3, -0.25) is 4.79 Å². The van der Waals surface area contributed by atoms with Crippen LogP contribution in [0.15, 0.2) is 61.2 Å². The van der Waals surface area contributed by atoms with Gasteiger partial charge < -0.3 is 19.4 Å². The molecule has 1 aliphatic rings. The van der Waals surface area contributed by atoms with Crippen molar-refractivity contribution in [3.05, 3.63) is 72.6 Å². The Hall–Kier alpha value is -3.61. The zero-order valence-electron chi connectivity index (χ0n) is 14.3. The van der Waals surface area contributed by atoms with Gasteiger partial charge in [-0.1, -0.05) is 6.07 Å². The van der Waals surface area contributed by atoms with Crippen LogP contribution in [0.2, 0.25) is 0 Å². The van der Waals surface area contributed by atoms with E-state index in [1.54, 1.807) is 47.3 Å². The van der Waals surface area contributed by atoms with Crippen LogP contribution in [0.4, 0.5) is 10.1 Å². The molecule has 1 aliphatic heterocycles. The van der Waals surface area contributed by atoms with Crippen LogP contribution >= 0.6 is 0 Å². The van der Waals surface area contributed by atoms with Gasteiger partial charge in [0, 0.05) is 24.2 Å². The Morgan fingerprint density at radius 1 is 1.15 bits per heavy atom. The van der Waals surface area contributed by atoms with Crippen LogP contribution in [0, 0.1) is 5.82 Å². The second-order valence-corrected chi connectivity index (χ2v) is 5.86. The van der Waals surface area contributed by atoms with Crippen molar-refractivity contribution in [1.29, 1.82) is 0 Å². The first-order valence-electron chi connectivity index (χ1n) is 8.36. The molecular formula is C20H16FN3O3. The Balaban J connectivity index is 1.43. The van der Waals surface area contributed by atoms with Crippen LogP contribution in [-0.4, -0.2) is 28.7 Å². The summed E-state index contributed by atoms with van der Waals surface area (Å²) in [4.78, 5) is 16.0. The number of aromatic nitrogens is 2. The van der Waals surface area contributed by atoms with Gasteiger partial charge in [0.2, 0.25) is 5.91 Å². The summed E-state index contributed by atoms with van der Waals surface area (Å²) in [6.07, 6.45) is 7.76. The van der Waals surface area contributed by atoms with Gasteiger partial charge in [-0.15, -0.1) is 0 Å². The highest BCUT2D eigenvalue weighted by atomic mass is 19.1. The Bertz CT molecular complexity index is 1000. The van der Waals surface area contributed by atoms with Crippen molar-refractivity contribution in [3.63, 3.8) is 0 Å². The molecule has 1 N–H and O–H groups in total. The molecule has 1 amide bonds. The summed E-state index contributed by atoms with van der Waals surface area (Å²) in [6, 6.07) is 9.92. The first kappa shape index (κ1) is 16.8. The number of ether oxygens (including phenoxy) is 2. The average molecular weight is 365 g/mol. The number of hydrogen-bond donors (Lipinski definition) is 1. The molecule has 6 nitrogen and oxygen atoms in total. The van der Waals surface area contributed by atoms with E-state index in [0.29, 0.717) is 36.1 Å². The summed E-state index contributed by atoms with van der Waals surface area (Å²) in [7, 11) is 0. The van der Waals surface area contributed by atoms with Gasteiger partial charge in [0.25, 0.3) is 0 Å². The van der Waals surface area contributed by atoms with Crippen LogP contribution in [0.1, 0.15) is 5.56 Å². The van der Waals surface area contributed by atoms with E-state index in [1.165, 1.54) is 18.5 Å².